The van der Waals surface area contributed by atoms with E-state index in [2.05, 4.69) is 21.3 Å². The van der Waals surface area contributed by atoms with Gasteiger partial charge in [0.2, 0.25) is 0 Å². The molecule has 0 aliphatic carbocycles. The van der Waals surface area contributed by atoms with E-state index in [1.807, 2.05) is 62.1 Å². The van der Waals surface area contributed by atoms with E-state index in [0.717, 1.165) is 11.4 Å². The van der Waals surface area contributed by atoms with Crippen LogP contribution in [0.4, 0.5) is 16.3 Å². The Morgan fingerprint density at radius 2 is 2.00 bits per heavy atom. The summed E-state index contributed by atoms with van der Waals surface area (Å²) in [5.74, 6) is 0.756. The van der Waals surface area contributed by atoms with Crippen LogP contribution in [-0.4, -0.2) is 41.6 Å². The molecule has 2 heterocycles. The second-order valence-corrected chi connectivity index (χ2v) is 7.95. The van der Waals surface area contributed by atoms with Gasteiger partial charge in [-0.3, -0.25) is 0 Å². The Hall–Kier alpha value is -2.78. The summed E-state index contributed by atoms with van der Waals surface area (Å²) in [6.45, 7) is 7.68. The van der Waals surface area contributed by atoms with Crippen molar-refractivity contribution in [1.29, 1.82) is 5.26 Å². The summed E-state index contributed by atoms with van der Waals surface area (Å²) >= 11 is 6.25. The lowest BCUT2D eigenvalue weighted by molar-refractivity contribution is 0.184. The summed E-state index contributed by atoms with van der Waals surface area (Å²) in [5.41, 5.74) is 1.08. The Kier molecular flexibility index (Phi) is 5.76. The molecule has 2 aromatic rings. The number of halogens is 1. The molecule has 1 aliphatic heterocycles. The van der Waals surface area contributed by atoms with Crippen LogP contribution >= 0.6 is 11.6 Å². The fourth-order valence-electron chi connectivity index (χ4n) is 3.29. The number of hydrogen-bond acceptors (Lipinski definition) is 4. The number of nitrogens with zero attached hydrogens (tertiary/aromatic N) is 4. The predicted molar refractivity (Wildman–Crippen MR) is 112 cm³/mol. The van der Waals surface area contributed by atoms with Gasteiger partial charge in [0.25, 0.3) is 0 Å². The summed E-state index contributed by atoms with van der Waals surface area (Å²) in [6, 6.07) is 13.2. The van der Waals surface area contributed by atoms with Crippen molar-refractivity contribution in [3.63, 3.8) is 0 Å². The number of aromatic nitrogens is 1. The number of hydrogen-bond donors (Lipinski definition) is 1. The first-order chi connectivity index (χ1) is 13.3. The van der Waals surface area contributed by atoms with Crippen LogP contribution < -0.4 is 10.2 Å². The van der Waals surface area contributed by atoms with Crippen LogP contribution in [0.25, 0.3) is 0 Å². The standard InChI is InChI=1S/C21H24ClN5O/c1-15-13-26(19-18(22)5-4-10-24-19)11-12-27(15)20(28)25-17-8-6-16(7-9-17)21(2,3)14-23/h4-10,15H,11-13H2,1-3H3,(H,25,28). The van der Waals surface area contributed by atoms with Gasteiger partial charge in [0, 0.05) is 37.6 Å². The third-order valence-corrected chi connectivity index (χ3v) is 5.36. The molecule has 146 valence electrons. The van der Waals surface area contributed by atoms with Gasteiger partial charge in [0.05, 0.1) is 16.5 Å². The van der Waals surface area contributed by atoms with Crippen LogP contribution in [0.3, 0.4) is 0 Å². The molecule has 6 nitrogen and oxygen atoms in total. The number of benzene rings is 1. The first kappa shape index (κ1) is 20.0. The zero-order chi connectivity index (χ0) is 20.3. The van der Waals surface area contributed by atoms with Crippen LogP contribution in [0.5, 0.6) is 0 Å². The molecular formula is C21H24ClN5O. The van der Waals surface area contributed by atoms with Crippen molar-refractivity contribution in [2.24, 2.45) is 0 Å². The molecule has 0 spiro atoms. The number of carbonyl (C=O) groups is 1. The number of nitrogens with one attached hydrogen (secondary N) is 1. The highest BCUT2D eigenvalue weighted by atomic mass is 35.5. The molecule has 1 aliphatic rings. The molecule has 1 atom stereocenters. The van der Waals surface area contributed by atoms with E-state index in [1.165, 1.54) is 0 Å². The van der Waals surface area contributed by atoms with Crippen molar-refractivity contribution in [1.82, 2.24) is 9.88 Å². The zero-order valence-electron chi connectivity index (χ0n) is 16.3. The first-order valence-electron chi connectivity index (χ1n) is 9.26. The average Bonchev–Trinajstić information content (AvgIpc) is 2.68. The van der Waals surface area contributed by atoms with E-state index >= 15 is 0 Å². The number of urea groups is 1. The molecule has 2 amide bonds. The van der Waals surface area contributed by atoms with Crippen molar-refractivity contribution < 1.29 is 4.79 Å². The number of carbonyl (C=O) groups excluding carboxylic acids is 1. The number of amides is 2. The first-order valence-corrected chi connectivity index (χ1v) is 9.64. The van der Waals surface area contributed by atoms with Gasteiger partial charge in [0.1, 0.15) is 5.82 Å². The Labute approximate surface area is 170 Å². The lowest BCUT2D eigenvalue weighted by atomic mass is 9.86. The minimum Gasteiger partial charge on any atom is -0.352 e. The summed E-state index contributed by atoms with van der Waals surface area (Å²) in [4.78, 5) is 21.0. The van der Waals surface area contributed by atoms with Gasteiger partial charge < -0.3 is 15.1 Å². The molecule has 1 aromatic heterocycles. The molecular weight excluding hydrogens is 374 g/mol. The van der Waals surface area contributed by atoms with Crippen LogP contribution in [0.1, 0.15) is 26.3 Å². The summed E-state index contributed by atoms with van der Waals surface area (Å²) < 4.78 is 0. The SMILES string of the molecule is CC1CN(c2ncccc2Cl)CCN1C(=O)Nc1ccc(C(C)(C)C#N)cc1. The maximum absolute atomic E-state index is 12.7. The average molecular weight is 398 g/mol. The van der Waals surface area contributed by atoms with Crippen molar-refractivity contribution in [3.05, 3.63) is 53.2 Å². The normalized spacial score (nSPS) is 17.2. The molecule has 1 saturated heterocycles. The molecule has 28 heavy (non-hydrogen) atoms. The van der Waals surface area contributed by atoms with Gasteiger partial charge >= 0.3 is 6.03 Å². The lowest BCUT2D eigenvalue weighted by Gasteiger charge is -2.40. The monoisotopic (exact) mass is 397 g/mol. The van der Waals surface area contributed by atoms with E-state index in [0.29, 0.717) is 30.3 Å². The maximum Gasteiger partial charge on any atom is 0.322 e. The summed E-state index contributed by atoms with van der Waals surface area (Å²) in [7, 11) is 0. The number of piperazine rings is 1. The molecule has 0 radical (unpaired) electrons. The minimum absolute atomic E-state index is 0.0172. The van der Waals surface area contributed by atoms with Gasteiger partial charge in [-0.1, -0.05) is 23.7 Å². The van der Waals surface area contributed by atoms with Crippen LogP contribution in [0, 0.1) is 11.3 Å². The molecule has 1 unspecified atom stereocenters. The van der Waals surface area contributed by atoms with Crippen molar-refractivity contribution in [2.75, 3.05) is 29.9 Å². The van der Waals surface area contributed by atoms with Crippen LogP contribution in [-0.2, 0) is 5.41 Å². The zero-order valence-corrected chi connectivity index (χ0v) is 17.1. The second-order valence-electron chi connectivity index (χ2n) is 7.54. The molecule has 1 N–H and O–H groups in total. The number of anilines is 2. The topological polar surface area (TPSA) is 72.3 Å². The van der Waals surface area contributed by atoms with Gasteiger partial charge in [-0.25, -0.2) is 9.78 Å². The van der Waals surface area contributed by atoms with Crippen molar-refractivity contribution in [3.8, 4) is 6.07 Å². The van der Waals surface area contributed by atoms with Gasteiger partial charge in [-0.15, -0.1) is 0 Å². The number of rotatable bonds is 3. The number of nitriles is 1. The maximum atomic E-state index is 12.7. The van der Waals surface area contributed by atoms with Gasteiger partial charge in [0.15, 0.2) is 0 Å². The third-order valence-electron chi connectivity index (χ3n) is 5.06. The Bertz CT molecular complexity index is 890. The number of pyridine rings is 1. The molecule has 1 fully saturated rings. The highest BCUT2D eigenvalue weighted by Crippen LogP contribution is 2.26. The lowest BCUT2D eigenvalue weighted by Crippen LogP contribution is -2.55. The third kappa shape index (κ3) is 4.20. The highest BCUT2D eigenvalue weighted by molar-refractivity contribution is 6.32. The van der Waals surface area contributed by atoms with Gasteiger partial charge in [-0.05, 0) is 50.6 Å². The van der Waals surface area contributed by atoms with E-state index in [-0.39, 0.29) is 12.1 Å². The molecule has 0 bridgehead atoms. The Balaban J connectivity index is 1.63. The minimum atomic E-state index is -0.555. The highest BCUT2D eigenvalue weighted by Gasteiger charge is 2.29. The van der Waals surface area contributed by atoms with Crippen molar-refractivity contribution >= 4 is 29.1 Å². The van der Waals surface area contributed by atoms with E-state index < -0.39 is 5.41 Å². The smallest absolute Gasteiger partial charge is 0.322 e. The van der Waals surface area contributed by atoms with Crippen LogP contribution in [0.2, 0.25) is 5.02 Å². The largest absolute Gasteiger partial charge is 0.352 e. The van der Waals surface area contributed by atoms with E-state index in [4.69, 9.17) is 11.6 Å². The van der Waals surface area contributed by atoms with Gasteiger partial charge in [-0.2, -0.15) is 5.26 Å². The summed E-state index contributed by atoms with van der Waals surface area (Å²) in [6.07, 6.45) is 1.72. The van der Waals surface area contributed by atoms with Crippen molar-refractivity contribution in [2.45, 2.75) is 32.2 Å². The molecule has 7 heteroatoms. The van der Waals surface area contributed by atoms with Crippen LogP contribution in [0.15, 0.2) is 42.6 Å². The fourth-order valence-corrected chi connectivity index (χ4v) is 3.53. The second kappa shape index (κ2) is 8.07. The van der Waals surface area contributed by atoms with E-state index in [1.54, 1.807) is 6.20 Å². The fraction of sp³-hybridized carbons (Fsp3) is 0.381. The Morgan fingerprint density at radius 1 is 1.29 bits per heavy atom. The quantitative estimate of drug-likeness (QED) is 0.838. The molecule has 3 rings (SSSR count). The Morgan fingerprint density at radius 3 is 2.61 bits per heavy atom. The predicted octanol–water partition coefficient (Wildman–Crippen LogP) is 4.28. The van der Waals surface area contributed by atoms with E-state index in [9.17, 15) is 10.1 Å². The summed E-state index contributed by atoms with van der Waals surface area (Å²) in [5, 5.41) is 12.8. The molecule has 0 saturated carbocycles. The molecule has 1 aromatic carbocycles.